The number of rotatable bonds is 6. The van der Waals surface area contributed by atoms with Gasteiger partial charge in [-0.3, -0.25) is 9.36 Å². The van der Waals surface area contributed by atoms with Crippen molar-refractivity contribution in [3.05, 3.63) is 65.4 Å². The van der Waals surface area contributed by atoms with Crippen molar-refractivity contribution < 1.29 is 9.21 Å². The van der Waals surface area contributed by atoms with E-state index >= 15 is 0 Å². The Kier molecular flexibility index (Phi) is 4.27. The number of benzene rings is 1. The molecule has 0 atom stereocenters. The first-order valence-corrected chi connectivity index (χ1v) is 8.47. The molecule has 0 aliphatic heterocycles. The zero-order valence-corrected chi connectivity index (χ0v) is 14.1. The fraction of sp³-hybridized carbons (Fsp3) is 0.211. The Balaban J connectivity index is 1.33. The number of nitrogens with zero attached hydrogens (tertiary/aromatic N) is 3. The van der Waals surface area contributed by atoms with Crippen LogP contribution < -0.4 is 11.1 Å². The molecule has 4 aromatic rings. The third-order valence-corrected chi connectivity index (χ3v) is 4.30. The number of hydrogen-bond acceptors (Lipinski definition) is 4. The van der Waals surface area contributed by atoms with Crippen LogP contribution in [-0.4, -0.2) is 26.6 Å². The second kappa shape index (κ2) is 6.87. The molecule has 1 aromatic carbocycles. The maximum Gasteiger partial charge on any atom is 0.420 e. The lowest BCUT2D eigenvalue weighted by Gasteiger charge is -2.07. The number of hydrogen-bond donors (Lipinski definition) is 1. The van der Waals surface area contributed by atoms with Crippen molar-refractivity contribution in [3.8, 4) is 0 Å². The molecule has 26 heavy (non-hydrogen) atoms. The van der Waals surface area contributed by atoms with Crippen LogP contribution in [0.3, 0.4) is 0 Å². The number of fused-ring (bicyclic) bond motifs is 2. The molecule has 4 rings (SSSR count). The van der Waals surface area contributed by atoms with Gasteiger partial charge in [0.2, 0.25) is 5.91 Å². The Morgan fingerprint density at radius 1 is 1.15 bits per heavy atom. The number of aryl methyl sites for hydroxylation is 1. The first kappa shape index (κ1) is 16.1. The third kappa shape index (κ3) is 3.11. The van der Waals surface area contributed by atoms with E-state index in [-0.39, 0.29) is 12.5 Å². The summed E-state index contributed by atoms with van der Waals surface area (Å²) in [6, 6.07) is 13.0. The van der Waals surface area contributed by atoms with Crippen LogP contribution in [0.5, 0.6) is 0 Å². The van der Waals surface area contributed by atoms with E-state index in [9.17, 15) is 9.59 Å². The van der Waals surface area contributed by atoms with Crippen LogP contribution >= 0.6 is 0 Å². The van der Waals surface area contributed by atoms with E-state index < -0.39 is 5.76 Å². The van der Waals surface area contributed by atoms with E-state index in [0.29, 0.717) is 17.6 Å². The highest BCUT2D eigenvalue weighted by Gasteiger charge is 2.11. The van der Waals surface area contributed by atoms with Gasteiger partial charge in [0, 0.05) is 30.9 Å². The first-order chi connectivity index (χ1) is 12.7. The number of aromatic nitrogens is 3. The van der Waals surface area contributed by atoms with Crippen LogP contribution in [-0.2, 0) is 17.9 Å². The predicted octanol–water partition coefficient (Wildman–Crippen LogP) is 2.15. The van der Waals surface area contributed by atoms with Gasteiger partial charge in [0.1, 0.15) is 12.2 Å². The monoisotopic (exact) mass is 350 g/mol. The van der Waals surface area contributed by atoms with Gasteiger partial charge in [-0.2, -0.15) is 0 Å². The molecule has 1 N–H and O–H groups in total. The highest BCUT2D eigenvalue weighted by atomic mass is 16.4. The average Bonchev–Trinajstić information content (AvgIpc) is 3.20. The van der Waals surface area contributed by atoms with Crippen LogP contribution in [0.2, 0.25) is 0 Å². The molecule has 0 aliphatic rings. The van der Waals surface area contributed by atoms with Gasteiger partial charge in [-0.25, -0.2) is 9.78 Å². The molecule has 0 spiro atoms. The molecular weight excluding hydrogens is 332 g/mol. The first-order valence-electron chi connectivity index (χ1n) is 8.47. The molecular formula is C19H18N4O3. The van der Waals surface area contributed by atoms with Crippen LogP contribution in [0.1, 0.15) is 6.42 Å². The van der Waals surface area contributed by atoms with Crippen LogP contribution in [0, 0.1) is 0 Å². The summed E-state index contributed by atoms with van der Waals surface area (Å²) in [5.74, 6) is -0.736. The van der Waals surface area contributed by atoms with Gasteiger partial charge in [0.05, 0.1) is 5.52 Å². The lowest BCUT2D eigenvalue weighted by molar-refractivity contribution is -0.121. The Bertz CT molecular complexity index is 1120. The minimum atomic E-state index is -0.522. The van der Waals surface area contributed by atoms with Crippen molar-refractivity contribution in [1.82, 2.24) is 19.4 Å². The van der Waals surface area contributed by atoms with E-state index in [2.05, 4.69) is 14.9 Å². The SMILES string of the molecule is O=C(Cn1c(=O)oc2ccccc21)NCCCn1ccc2cccnc21. The molecule has 0 fully saturated rings. The molecule has 0 aliphatic carbocycles. The molecule has 0 unspecified atom stereocenters. The fourth-order valence-corrected chi connectivity index (χ4v) is 3.04. The van der Waals surface area contributed by atoms with Gasteiger partial charge in [-0.15, -0.1) is 0 Å². The molecule has 0 saturated heterocycles. The molecule has 1 amide bonds. The maximum absolute atomic E-state index is 12.1. The molecule has 7 nitrogen and oxygen atoms in total. The standard InChI is InChI=1S/C19H18N4O3/c24-17(13-23-15-6-1-2-7-16(15)26-19(23)25)20-10-4-11-22-12-8-14-5-3-9-21-18(14)22/h1-3,5-9,12H,4,10-11,13H2,(H,20,24). The predicted molar refractivity (Wildman–Crippen MR) is 97.8 cm³/mol. The number of amides is 1. The van der Waals surface area contributed by atoms with Crippen molar-refractivity contribution in [2.75, 3.05) is 6.54 Å². The second-order valence-electron chi connectivity index (χ2n) is 6.05. The summed E-state index contributed by atoms with van der Waals surface area (Å²) in [4.78, 5) is 28.4. The number of nitrogens with one attached hydrogen (secondary N) is 1. The van der Waals surface area contributed by atoms with Crippen LogP contribution in [0.25, 0.3) is 22.1 Å². The van der Waals surface area contributed by atoms with Crippen molar-refractivity contribution in [1.29, 1.82) is 0 Å². The number of para-hydroxylation sites is 2. The van der Waals surface area contributed by atoms with Gasteiger partial charge in [0.25, 0.3) is 0 Å². The summed E-state index contributed by atoms with van der Waals surface area (Å²) in [7, 11) is 0. The second-order valence-corrected chi connectivity index (χ2v) is 6.05. The fourth-order valence-electron chi connectivity index (χ4n) is 3.04. The molecule has 7 heteroatoms. The van der Waals surface area contributed by atoms with E-state index in [1.165, 1.54) is 4.57 Å². The summed E-state index contributed by atoms with van der Waals surface area (Å²) in [5.41, 5.74) is 2.05. The number of carbonyl (C=O) groups excluding carboxylic acids is 1. The highest BCUT2D eigenvalue weighted by Crippen LogP contribution is 2.13. The van der Waals surface area contributed by atoms with Crippen molar-refractivity contribution >= 4 is 28.0 Å². The smallest absolute Gasteiger partial charge is 0.408 e. The Labute approximate surface area is 148 Å². The maximum atomic E-state index is 12.1. The summed E-state index contributed by atoms with van der Waals surface area (Å²) >= 11 is 0. The summed E-state index contributed by atoms with van der Waals surface area (Å²) in [6.45, 7) is 1.23. The van der Waals surface area contributed by atoms with Crippen LogP contribution in [0.4, 0.5) is 0 Å². The summed E-state index contributed by atoms with van der Waals surface area (Å²) in [6.07, 6.45) is 4.54. The molecule has 0 bridgehead atoms. The van der Waals surface area contributed by atoms with E-state index in [1.807, 2.05) is 24.4 Å². The average molecular weight is 350 g/mol. The highest BCUT2D eigenvalue weighted by molar-refractivity contribution is 5.79. The lowest BCUT2D eigenvalue weighted by Crippen LogP contribution is -2.31. The van der Waals surface area contributed by atoms with Gasteiger partial charge in [-0.05, 0) is 36.8 Å². The van der Waals surface area contributed by atoms with E-state index in [0.717, 1.165) is 24.0 Å². The molecule has 132 valence electrons. The zero-order valence-electron chi connectivity index (χ0n) is 14.1. The van der Waals surface area contributed by atoms with E-state index in [4.69, 9.17) is 4.42 Å². The third-order valence-electron chi connectivity index (χ3n) is 4.30. The largest absolute Gasteiger partial charge is 0.420 e. The zero-order chi connectivity index (χ0) is 17.9. The number of carbonyl (C=O) groups is 1. The Morgan fingerprint density at radius 2 is 2.04 bits per heavy atom. The molecule has 3 heterocycles. The summed E-state index contributed by atoms with van der Waals surface area (Å²) < 4.78 is 8.54. The lowest BCUT2D eigenvalue weighted by atomic mass is 10.3. The van der Waals surface area contributed by atoms with Crippen molar-refractivity contribution in [3.63, 3.8) is 0 Å². The van der Waals surface area contributed by atoms with Gasteiger partial charge < -0.3 is 14.3 Å². The van der Waals surface area contributed by atoms with Crippen molar-refractivity contribution in [2.45, 2.75) is 19.5 Å². The normalized spacial score (nSPS) is 11.2. The Morgan fingerprint density at radius 3 is 2.96 bits per heavy atom. The summed E-state index contributed by atoms with van der Waals surface area (Å²) in [5, 5.41) is 3.95. The number of oxazole rings is 1. The Hall–Kier alpha value is -3.35. The molecule has 0 radical (unpaired) electrons. The van der Waals surface area contributed by atoms with Crippen molar-refractivity contribution in [2.24, 2.45) is 0 Å². The molecule has 0 saturated carbocycles. The van der Waals surface area contributed by atoms with Gasteiger partial charge in [0.15, 0.2) is 5.58 Å². The van der Waals surface area contributed by atoms with Gasteiger partial charge in [-0.1, -0.05) is 12.1 Å². The van der Waals surface area contributed by atoms with Gasteiger partial charge >= 0.3 is 5.76 Å². The minimum absolute atomic E-state index is 0.0517. The van der Waals surface area contributed by atoms with Crippen LogP contribution in [0.15, 0.2) is 64.1 Å². The minimum Gasteiger partial charge on any atom is -0.408 e. The number of pyridine rings is 1. The quantitative estimate of drug-likeness (QED) is 0.540. The topological polar surface area (TPSA) is 82.1 Å². The van der Waals surface area contributed by atoms with E-state index in [1.54, 1.807) is 30.5 Å². The molecule has 3 aromatic heterocycles.